The molecule has 0 aromatic heterocycles. The molecule has 0 fully saturated rings. The molecule has 2 aromatic rings. The van der Waals surface area contributed by atoms with Crippen molar-refractivity contribution < 1.29 is 9.53 Å². The van der Waals surface area contributed by atoms with Gasteiger partial charge in [-0.05, 0) is 32.1 Å². The smallest absolute Gasteiger partial charge is 0.258 e. The van der Waals surface area contributed by atoms with Gasteiger partial charge in [-0.15, -0.1) is 0 Å². The number of benzene rings is 2. The highest BCUT2D eigenvalue weighted by molar-refractivity contribution is 6.01. The van der Waals surface area contributed by atoms with Crippen LogP contribution in [0.5, 0.6) is 0 Å². The van der Waals surface area contributed by atoms with Crippen LogP contribution in [0.2, 0.25) is 0 Å². The van der Waals surface area contributed by atoms with Crippen LogP contribution in [0.4, 0.5) is 0 Å². The molecule has 0 radical (unpaired) electrons. The molecule has 0 bridgehead atoms. The van der Waals surface area contributed by atoms with Crippen LogP contribution in [-0.2, 0) is 16.0 Å². The van der Waals surface area contributed by atoms with Gasteiger partial charge in [0.05, 0.1) is 19.0 Å². The van der Waals surface area contributed by atoms with Gasteiger partial charge in [0.25, 0.3) is 5.91 Å². The molecule has 0 spiro atoms. The molecule has 2 aromatic carbocycles. The van der Waals surface area contributed by atoms with E-state index >= 15 is 0 Å². The molecule has 1 aliphatic rings. The van der Waals surface area contributed by atoms with E-state index in [0.29, 0.717) is 13.0 Å². The van der Waals surface area contributed by atoms with Crippen molar-refractivity contribution in [1.82, 2.24) is 9.80 Å². The monoisotopic (exact) mass is 379 g/mol. The molecule has 148 valence electrons. The first kappa shape index (κ1) is 20.2. The molecule has 1 aliphatic heterocycles. The number of aliphatic imine (C=N–C) groups is 1. The molecule has 0 saturated heterocycles. The molecular formula is C23H29N3O2. The zero-order chi connectivity index (χ0) is 20.1. The predicted molar refractivity (Wildman–Crippen MR) is 112 cm³/mol. The molecule has 2 unspecified atom stereocenters. The van der Waals surface area contributed by atoms with E-state index in [1.807, 2.05) is 62.6 Å². The predicted octanol–water partition coefficient (Wildman–Crippen LogP) is 3.18. The van der Waals surface area contributed by atoms with E-state index in [0.717, 1.165) is 11.1 Å². The maximum atomic E-state index is 13.8. The van der Waals surface area contributed by atoms with Gasteiger partial charge in [0.1, 0.15) is 0 Å². The third-order valence-electron chi connectivity index (χ3n) is 5.64. The lowest BCUT2D eigenvalue weighted by molar-refractivity contribution is -0.135. The molecule has 0 aliphatic carbocycles. The molecule has 5 nitrogen and oxygen atoms in total. The highest BCUT2D eigenvalue weighted by Crippen LogP contribution is 2.35. The first-order chi connectivity index (χ1) is 13.5. The number of ether oxygens (including phenoxy) is 1. The number of carbonyl (C=O) groups excluding carboxylic acids is 1. The van der Waals surface area contributed by atoms with Gasteiger partial charge in [0, 0.05) is 19.6 Å². The van der Waals surface area contributed by atoms with Crippen LogP contribution in [0.3, 0.4) is 0 Å². The van der Waals surface area contributed by atoms with Crippen molar-refractivity contribution in [3.05, 3.63) is 71.8 Å². The third kappa shape index (κ3) is 3.86. The Hall–Kier alpha value is -2.50. The maximum absolute atomic E-state index is 13.8. The first-order valence-corrected chi connectivity index (χ1v) is 9.62. The molecule has 28 heavy (non-hydrogen) atoms. The number of hydrogen-bond acceptors (Lipinski definition) is 4. The fourth-order valence-corrected chi connectivity index (χ4v) is 3.78. The van der Waals surface area contributed by atoms with Crippen molar-refractivity contribution in [2.45, 2.75) is 31.0 Å². The van der Waals surface area contributed by atoms with Crippen LogP contribution >= 0.6 is 0 Å². The Kier molecular flexibility index (Phi) is 6.27. The summed E-state index contributed by atoms with van der Waals surface area (Å²) in [6.07, 6.45) is 2.27. The second-order valence-corrected chi connectivity index (χ2v) is 7.57. The van der Waals surface area contributed by atoms with E-state index < -0.39 is 5.54 Å². The average Bonchev–Trinajstić information content (AvgIpc) is 3.04. The summed E-state index contributed by atoms with van der Waals surface area (Å²) in [4.78, 5) is 22.4. The van der Waals surface area contributed by atoms with E-state index in [9.17, 15) is 4.79 Å². The van der Waals surface area contributed by atoms with Gasteiger partial charge < -0.3 is 9.64 Å². The Morgan fingerprint density at radius 1 is 1.07 bits per heavy atom. The third-order valence-corrected chi connectivity index (χ3v) is 5.64. The number of nitrogens with zero attached hydrogens (tertiary/aromatic N) is 3. The minimum atomic E-state index is -0.856. The summed E-state index contributed by atoms with van der Waals surface area (Å²) in [6, 6.07) is 19.8. The molecule has 3 atom stereocenters. The lowest BCUT2D eigenvalue weighted by Crippen LogP contribution is -2.56. The van der Waals surface area contributed by atoms with Gasteiger partial charge in [0.15, 0.2) is 5.54 Å². The number of methoxy groups -OCH3 is 1. The maximum Gasteiger partial charge on any atom is 0.258 e. The molecule has 1 amide bonds. The van der Waals surface area contributed by atoms with Gasteiger partial charge >= 0.3 is 0 Å². The summed E-state index contributed by atoms with van der Waals surface area (Å²) in [5.74, 6) is 0.0171. The van der Waals surface area contributed by atoms with E-state index in [2.05, 4.69) is 24.0 Å². The van der Waals surface area contributed by atoms with Crippen molar-refractivity contribution in [2.75, 3.05) is 27.8 Å². The average molecular weight is 380 g/mol. The van der Waals surface area contributed by atoms with E-state index in [1.165, 1.54) is 0 Å². The number of amides is 1. The van der Waals surface area contributed by atoms with Crippen LogP contribution in [0.25, 0.3) is 0 Å². The van der Waals surface area contributed by atoms with Crippen LogP contribution < -0.4 is 0 Å². The minimum Gasteiger partial charge on any atom is -0.382 e. The van der Waals surface area contributed by atoms with Gasteiger partial charge in [-0.1, -0.05) is 60.7 Å². The lowest BCUT2D eigenvalue weighted by Gasteiger charge is -2.37. The number of likely N-dealkylation sites (N-methyl/N-ethyl adjacent to an activating group) is 1. The summed E-state index contributed by atoms with van der Waals surface area (Å²) in [6.45, 7) is 2.48. The van der Waals surface area contributed by atoms with Gasteiger partial charge in [0.2, 0.25) is 0 Å². The number of carbonyl (C=O) groups is 1. The van der Waals surface area contributed by atoms with Crippen LogP contribution in [0, 0.1) is 0 Å². The van der Waals surface area contributed by atoms with Gasteiger partial charge in [-0.25, -0.2) is 0 Å². The van der Waals surface area contributed by atoms with Gasteiger partial charge in [-0.3, -0.25) is 14.7 Å². The van der Waals surface area contributed by atoms with E-state index in [1.54, 1.807) is 18.3 Å². The second kappa shape index (κ2) is 8.67. The van der Waals surface area contributed by atoms with Crippen molar-refractivity contribution >= 4 is 12.2 Å². The highest BCUT2D eigenvalue weighted by Gasteiger charge is 2.51. The second-order valence-electron chi connectivity index (χ2n) is 7.57. The molecule has 1 heterocycles. The van der Waals surface area contributed by atoms with Crippen molar-refractivity contribution in [3.63, 3.8) is 0 Å². The first-order valence-electron chi connectivity index (χ1n) is 9.62. The quantitative estimate of drug-likeness (QED) is 0.708. The summed E-state index contributed by atoms with van der Waals surface area (Å²) < 4.78 is 5.45. The van der Waals surface area contributed by atoms with Crippen LogP contribution in [0.1, 0.15) is 24.1 Å². The molecular weight excluding hydrogens is 350 g/mol. The topological polar surface area (TPSA) is 45.1 Å². The Morgan fingerprint density at radius 3 is 2.25 bits per heavy atom. The summed E-state index contributed by atoms with van der Waals surface area (Å²) in [5, 5.41) is 0. The van der Waals surface area contributed by atoms with E-state index in [-0.39, 0.29) is 18.0 Å². The van der Waals surface area contributed by atoms with Crippen molar-refractivity contribution in [3.8, 4) is 0 Å². The van der Waals surface area contributed by atoms with Gasteiger partial charge in [-0.2, -0.15) is 0 Å². The highest BCUT2D eigenvalue weighted by atomic mass is 16.5. The Balaban J connectivity index is 1.97. The summed E-state index contributed by atoms with van der Waals surface area (Å²) in [7, 11) is 5.65. The Morgan fingerprint density at radius 2 is 1.68 bits per heavy atom. The number of hydrogen-bond donors (Lipinski definition) is 0. The van der Waals surface area contributed by atoms with Crippen LogP contribution in [-0.4, -0.2) is 61.4 Å². The molecule has 5 heteroatoms. The zero-order valence-corrected chi connectivity index (χ0v) is 17.1. The summed E-state index contributed by atoms with van der Waals surface area (Å²) >= 11 is 0. The molecule has 0 saturated carbocycles. The standard InChI is InChI=1S/C23H29N3O2/c1-18(25(2)3)23(15-19-11-7-5-8-12-19)22(27)26(17-24-23)21(16-28-4)20-13-9-6-10-14-20/h5-14,17-18,21H,15-16H2,1-4H3/t18?,21?,23-/m1/s1. The zero-order valence-electron chi connectivity index (χ0n) is 17.1. The van der Waals surface area contributed by atoms with Crippen molar-refractivity contribution in [2.24, 2.45) is 4.99 Å². The Labute approximate surface area is 167 Å². The van der Waals surface area contributed by atoms with Crippen molar-refractivity contribution in [1.29, 1.82) is 0 Å². The fraction of sp³-hybridized carbons (Fsp3) is 0.391. The minimum absolute atomic E-state index is 0.0171. The molecule has 3 rings (SSSR count). The summed E-state index contributed by atoms with van der Waals surface area (Å²) in [5.41, 5.74) is 1.29. The Bertz CT molecular complexity index is 807. The largest absolute Gasteiger partial charge is 0.382 e. The lowest BCUT2D eigenvalue weighted by atomic mass is 9.83. The van der Waals surface area contributed by atoms with E-state index in [4.69, 9.17) is 9.73 Å². The normalized spacial score (nSPS) is 21.3. The number of rotatable bonds is 8. The fourth-order valence-electron chi connectivity index (χ4n) is 3.78. The molecule has 0 N–H and O–H groups in total. The van der Waals surface area contributed by atoms with Crippen LogP contribution in [0.15, 0.2) is 65.7 Å². The SMILES string of the molecule is COCC(c1ccccc1)N1C=N[C@](Cc2ccccc2)(C(C)N(C)C)C1=O.